The molecule has 5 rings (SSSR count). The standard InChI is InChI=1S/C31H34N2O3Si/c1-31(2,3)37(5,6)36-27-20-22(17-19-26(27)35-4)29-25-18-16-21-12-10-11-15-24(21)28(25)30(34)33(29)32-23-13-8-7-9-14-23/h7-20,29,32H,1-6H3. The number of methoxy groups -OCH3 is 1. The molecule has 1 aliphatic rings. The van der Waals surface area contributed by atoms with E-state index in [1.807, 2.05) is 72.8 Å². The molecule has 1 atom stereocenters. The summed E-state index contributed by atoms with van der Waals surface area (Å²) in [6, 6.07) is 27.7. The Balaban J connectivity index is 1.66. The van der Waals surface area contributed by atoms with E-state index < -0.39 is 8.32 Å². The fourth-order valence-corrected chi connectivity index (χ4v) is 5.61. The van der Waals surface area contributed by atoms with Gasteiger partial charge in [-0.1, -0.05) is 81.4 Å². The van der Waals surface area contributed by atoms with Gasteiger partial charge in [-0.05, 0) is 64.3 Å². The first-order chi connectivity index (χ1) is 17.6. The van der Waals surface area contributed by atoms with E-state index in [0.29, 0.717) is 11.5 Å². The molecule has 0 radical (unpaired) electrons. The topological polar surface area (TPSA) is 50.8 Å². The van der Waals surface area contributed by atoms with E-state index >= 15 is 0 Å². The van der Waals surface area contributed by atoms with Crippen LogP contribution in [0.15, 0.2) is 84.9 Å². The smallest absolute Gasteiger partial charge is 0.274 e. The number of anilines is 1. The number of nitrogens with zero attached hydrogens (tertiary/aromatic N) is 1. The minimum atomic E-state index is -2.13. The zero-order valence-corrected chi connectivity index (χ0v) is 23.3. The summed E-state index contributed by atoms with van der Waals surface area (Å²) in [5.41, 5.74) is 6.90. The molecule has 1 N–H and O–H groups in total. The first-order valence-corrected chi connectivity index (χ1v) is 15.6. The molecular weight excluding hydrogens is 476 g/mol. The van der Waals surface area contributed by atoms with Crippen molar-refractivity contribution >= 4 is 30.7 Å². The van der Waals surface area contributed by atoms with Gasteiger partial charge in [0.05, 0.1) is 18.4 Å². The molecule has 6 heteroatoms. The van der Waals surface area contributed by atoms with Crippen LogP contribution in [-0.4, -0.2) is 26.3 Å². The number of nitrogens with one attached hydrogen (secondary N) is 1. The molecule has 5 nitrogen and oxygen atoms in total. The summed E-state index contributed by atoms with van der Waals surface area (Å²) in [6.45, 7) is 11.1. The minimum absolute atomic E-state index is 0.0315. The largest absolute Gasteiger partial charge is 0.541 e. The van der Waals surface area contributed by atoms with Crippen LogP contribution in [0.1, 0.15) is 48.3 Å². The number of rotatable bonds is 6. The highest BCUT2D eigenvalue weighted by Crippen LogP contribution is 2.45. The maximum atomic E-state index is 14.0. The Morgan fingerprint density at radius 3 is 2.27 bits per heavy atom. The van der Waals surface area contributed by atoms with Crippen LogP contribution >= 0.6 is 0 Å². The van der Waals surface area contributed by atoms with Gasteiger partial charge in [-0.15, -0.1) is 0 Å². The Morgan fingerprint density at radius 1 is 0.865 bits per heavy atom. The monoisotopic (exact) mass is 510 g/mol. The zero-order valence-electron chi connectivity index (χ0n) is 22.3. The van der Waals surface area contributed by atoms with Crippen molar-refractivity contribution in [1.29, 1.82) is 0 Å². The summed E-state index contributed by atoms with van der Waals surface area (Å²) in [7, 11) is -0.467. The third-order valence-corrected chi connectivity index (χ3v) is 12.0. The molecule has 0 fully saturated rings. The van der Waals surface area contributed by atoms with Crippen molar-refractivity contribution in [3.05, 3.63) is 102 Å². The van der Waals surface area contributed by atoms with E-state index in [2.05, 4.69) is 51.4 Å². The van der Waals surface area contributed by atoms with Gasteiger partial charge in [0.1, 0.15) is 11.8 Å². The lowest BCUT2D eigenvalue weighted by Gasteiger charge is -2.37. The highest BCUT2D eigenvalue weighted by molar-refractivity contribution is 6.74. The third kappa shape index (κ3) is 4.46. The summed E-state index contributed by atoms with van der Waals surface area (Å²) in [5, 5.41) is 3.78. The van der Waals surface area contributed by atoms with Crippen LogP contribution in [0.25, 0.3) is 10.8 Å². The zero-order chi connectivity index (χ0) is 26.4. The first kappa shape index (κ1) is 24.9. The van der Waals surface area contributed by atoms with E-state index in [1.54, 1.807) is 12.1 Å². The van der Waals surface area contributed by atoms with Crippen molar-refractivity contribution in [3.8, 4) is 11.5 Å². The molecule has 0 aliphatic carbocycles. The second kappa shape index (κ2) is 9.27. The molecule has 0 aromatic heterocycles. The van der Waals surface area contributed by atoms with Crippen LogP contribution in [0.3, 0.4) is 0 Å². The summed E-state index contributed by atoms with van der Waals surface area (Å²) >= 11 is 0. The van der Waals surface area contributed by atoms with Gasteiger partial charge in [-0.2, -0.15) is 0 Å². The number of para-hydroxylation sites is 1. The molecule has 0 saturated heterocycles. The fourth-order valence-electron chi connectivity index (χ4n) is 4.60. The van der Waals surface area contributed by atoms with Crippen LogP contribution in [0.5, 0.6) is 11.5 Å². The van der Waals surface area contributed by atoms with Crippen LogP contribution in [0, 0.1) is 0 Å². The van der Waals surface area contributed by atoms with Gasteiger partial charge in [0, 0.05) is 0 Å². The number of ether oxygens (including phenoxy) is 1. The normalized spacial score (nSPS) is 15.6. The van der Waals surface area contributed by atoms with Crippen LogP contribution in [-0.2, 0) is 0 Å². The highest BCUT2D eigenvalue weighted by Gasteiger charge is 2.42. The van der Waals surface area contributed by atoms with E-state index in [0.717, 1.165) is 33.2 Å². The number of fused-ring (bicyclic) bond motifs is 3. The number of carbonyl (C=O) groups excluding carboxylic acids is 1. The summed E-state index contributed by atoms with van der Waals surface area (Å²) in [5.74, 6) is 1.36. The molecule has 37 heavy (non-hydrogen) atoms. The maximum absolute atomic E-state index is 14.0. The number of hydrogen-bond donors (Lipinski definition) is 1. The van der Waals surface area contributed by atoms with Gasteiger partial charge in [-0.3, -0.25) is 10.2 Å². The molecule has 1 amide bonds. The maximum Gasteiger partial charge on any atom is 0.274 e. The number of amides is 1. The Hall–Kier alpha value is -3.77. The van der Waals surface area contributed by atoms with Crippen LogP contribution in [0.2, 0.25) is 18.1 Å². The van der Waals surface area contributed by atoms with Crippen molar-refractivity contribution < 1.29 is 14.0 Å². The van der Waals surface area contributed by atoms with Crippen molar-refractivity contribution in [1.82, 2.24) is 5.01 Å². The number of benzene rings is 4. The van der Waals surface area contributed by atoms with Crippen LogP contribution in [0.4, 0.5) is 5.69 Å². The Morgan fingerprint density at radius 2 is 1.57 bits per heavy atom. The molecule has 0 spiro atoms. The molecule has 0 saturated carbocycles. The fraction of sp³-hybridized carbons (Fsp3) is 0.258. The second-order valence-corrected chi connectivity index (χ2v) is 15.8. The molecule has 1 aliphatic heterocycles. The quantitative estimate of drug-likeness (QED) is 0.269. The lowest BCUT2D eigenvalue weighted by molar-refractivity contribution is 0.0793. The van der Waals surface area contributed by atoms with Crippen LogP contribution < -0.4 is 14.6 Å². The Kier molecular flexibility index (Phi) is 6.24. The van der Waals surface area contributed by atoms with Gasteiger partial charge >= 0.3 is 0 Å². The highest BCUT2D eigenvalue weighted by atomic mass is 28.4. The van der Waals surface area contributed by atoms with Gasteiger partial charge < -0.3 is 9.16 Å². The van der Waals surface area contributed by atoms with Crippen molar-refractivity contribution in [2.45, 2.75) is 44.9 Å². The first-order valence-electron chi connectivity index (χ1n) is 12.6. The van der Waals surface area contributed by atoms with E-state index in [4.69, 9.17) is 9.16 Å². The molecule has 190 valence electrons. The lowest BCUT2D eigenvalue weighted by atomic mass is 9.94. The van der Waals surface area contributed by atoms with Crippen molar-refractivity contribution in [2.24, 2.45) is 0 Å². The lowest BCUT2D eigenvalue weighted by Crippen LogP contribution is -2.44. The van der Waals surface area contributed by atoms with Gasteiger partial charge in [0.25, 0.3) is 14.2 Å². The summed E-state index contributed by atoms with van der Waals surface area (Å²) < 4.78 is 12.4. The number of hydrazine groups is 1. The SMILES string of the molecule is COc1ccc(C2c3ccc4ccccc4c3C(=O)N2Nc2ccccc2)cc1O[Si](C)(C)C(C)(C)C. The molecule has 1 unspecified atom stereocenters. The predicted molar refractivity (Wildman–Crippen MR) is 153 cm³/mol. The molecule has 1 heterocycles. The Labute approximate surface area is 220 Å². The van der Waals surface area contributed by atoms with Gasteiger partial charge in [0.2, 0.25) is 0 Å². The van der Waals surface area contributed by atoms with E-state index in [-0.39, 0.29) is 17.0 Å². The summed E-state index contributed by atoms with van der Waals surface area (Å²) in [4.78, 5) is 14.0. The number of carbonyl (C=O) groups is 1. The Bertz CT molecular complexity index is 1460. The summed E-state index contributed by atoms with van der Waals surface area (Å²) in [6.07, 6.45) is 0. The average Bonchev–Trinajstić information content (AvgIpc) is 3.15. The molecule has 4 aromatic carbocycles. The van der Waals surface area contributed by atoms with Crippen molar-refractivity contribution in [3.63, 3.8) is 0 Å². The third-order valence-electron chi connectivity index (χ3n) is 7.64. The van der Waals surface area contributed by atoms with Gasteiger partial charge in [0.15, 0.2) is 5.75 Å². The average molecular weight is 511 g/mol. The van der Waals surface area contributed by atoms with Gasteiger partial charge in [-0.25, -0.2) is 5.01 Å². The molecular formula is C31H34N2O3Si. The molecule has 0 bridgehead atoms. The second-order valence-electron chi connectivity index (χ2n) is 11.1. The molecule has 4 aromatic rings. The van der Waals surface area contributed by atoms with E-state index in [1.165, 1.54) is 0 Å². The predicted octanol–water partition coefficient (Wildman–Crippen LogP) is 7.80. The number of hydrogen-bond acceptors (Lipinski definition) is 4. The van der Waals surface area contributed by atoms with E-state index in [9.17, 15) is 4.79 Å². The minimum Gasteiger partial charge on any atom is -0.541 e. The van der Waals surface area contributed by atoms with Crippen molar-refractivity contribution in [2.75, 3.05) is 12.5 Å².